The molecule has 0 N–H and O–H groups in total. The molecule has 0 bridgehead atoms. The Hall–Kier alpha value is -2.18. The topological polar surface area (TPSA) is 50.6 Å². The summed E-state index contributed by atoms with van der Waals surface area (Å²) in [4.78, 5) is 20.6. The van der Waals surface area contributed by atoms with E-state index in [0.29, 0.717) is 13.2 Å². The van der Waals surface area contributed by atoms with Gasteiger partial charge in [-0.2, -0.15) is 0 Å². The average Bonchev–Trinajstić information content (AvgIpc) is 3.09. The van der Waals surface area contributed by atoms with E-state index in [4.69, 9.17) is 4.74 Å². The lowest BCUT2D eigenvalue weighted by atomic mass is 10.1. The van der Waals surface area contributed by atoms with Crippen molar-refractivity contribution in [1.82, 2.24) is 19.4 Å². The zero-order valence-corrected chi connectivity index (χ0v) is 14.1. The smallest absolute Gasteiger partial charge is 0.242 e. The van der Waals surface area contributed by atoms with E-state index >= 15 is 0 Å². The summed E-state index contributed by atoms with van der Waals surface area (Å²) in [5, 5.41) is 0. The van der Waals surface area contributed by atoms with Crippen LogP contribution in [0.3, 0.4) is 0 Å². The number of rotatable bonds is 6. The fourth-order valence-corrected chi connectivity index (χ4v) is 3.03. The van der Waals surface area contributed by atoms with E-state index in [2.05, 4.69) is 34.1 Å². The Balaban J connectivity index is 1.48. The first-order valence-electron chi connectivity index (χ1n) is 8.27. The Morgan fingerprint density at radius 1 is 1.21 bits per heavy atom. The maximum atomic E-state index is 12.3. The third-order valence-electron chi connectivity index (χ3n) is 4.31. The second-order valence-electron chi connectivity index (χ2n) is 6.14. The molecule has 3 rings (SSSR count). The van der Waals surface area contributed by atoms with Gasteiger partial charge < -0.3 is 14.2 Å². The Morgan fingerprint density at radius 3 is 2.71 bits per heavy atom. The van der Waals surface area contributed by atoms with E-state index in [-0.39, 0.29) is 5.91 Å². The quantitative estimate of drug-likeness (QED) is 0.804. The van der Waals surface area contributed by atoms with Crippen LogP contribution in [-0.2, 0) is 29.2 Å². The minimum Gasteiger partial charge on any atom is -0.380 e. The molecule has 128 valence electrons. The summed E-state index contributed by atoms with van der Waals surface area (Å²) >= 11 is 0. The van der Waals surface area contributed by atoms with Crippen LogP contribution in [0.25, 0.3) is 0 Å². The van der Waals surface area contributed by atoms with Crippen LogP contribution < -0.4 is 0 Å². The number of methoxy groups -OCH3 is 1. The first kappa shape index (κ1) is 16.7. The molecule has 6 heteroatoms. The zero-order chi connectivity index (χ0) is 16.8. The molecule has 1 fully saturated rings. The van der Waals surface area contributed by atoms with E-state index in [9.17, 15) is 4.79 Å². The van der Waals surface area contributed by atoms with Crippen LogP contribution in [0.2, 0.25) is 0 Å². The largest absolute Gasteiger partial charge is 0.380 e. The number of piperazine rings is 1. The third-order valence-corrected chi connectivity index (χ3v) is 4.31. The van der Waals surface area contributed by atoms with Gasteiger partial charge >= 0.3 is 0 Å². The lowest BCUT2D eigenvalue weighted by molar-refractivity contribution is -0.133. The maximum absolute atomic E-state index is 12.3. The average molecular weight is 328 g/mol. The summed E-state index contributed by atoms with van der Waals surface area (Å²) in [5.74, 6) is 0.162. The lowest BCUT2D eigenvalue weighted by Gasteiger charge is -2.34. The fourth-order valence-electron chi connectivity index (χ4n) is 3.03. The van der Waals surface area contributed by atoms with Crippen LogP contribution in [0.1, 0.15) is 11.1 Å². The van der Waals surface area contributed by atoms with E-state index in [1.165, 1.54) is 11.1 Å². The molecule has 1 aliphatic heterocycles. The second kappa shape index (κ2) is 8.08. The van der Waals surface area contributed by atoms with E-state index in [1.54, 1.807) is 19.6 Å². The molecule has 2 aromatic rings. The molecule has 0 aliphatic carbocycles. The lowest BCUT2D eigenvalue weighted by Crippen LogP contribution is -2.49. The van der Waals surface area contributed by atoms with Crippen molar-refractivity contribution in [3.8, 4) is 0 Å². The molecular formula is C18H24N4O2. The van der Waals surface area contributed by atoms with Crippen LogP contribution in [-0.4, -0.2) is 58.5 Å². The van der Waals surface area contributed by atoms with Gasteiger partial charge in [0.1, 0.15) is 6.54 Å². The van der Waals surface area contributed by atoms with Gasteiger partial charge in [-0.05, 0) is 11.1 Å². The van der Waals surface area contributed by atoms with Crippen molar-refractivity contribution in [3.05, 3.63) is 54.1 Å². The Kier molecular flexibility index (Phi) is 5.61. The molecule has 2 heterocycles. The minimum absolute atomic E-state index is 0.162. The first-order chi connectivity index (χ1) is 11.7. The molecule has 0 saturated carbocycles. The number of aromatic nitrogens is 2. The molecular weight excluding hydrogens is 304 g/mol. The van der Waals surface area contributed by atoms with Crippen LogP contribution in [0, 0.1) is 0 Å². The highest BCUT2D eigenvalue weighted by molar-refractivity contribution is 5.76. The Bertz CT molecular complexity index is 649. The number of hydrogen-bond acceptors (Lipinski definition) is 4. The number of amides is 1. The second-order valence-corrected chi connectivity index (χ2v) is 6.14. The normalized spacial score (nSPS) is 15.6. The highest BCUT2D eigenvalue weighted by Gasteiger charge is 2.21. The van der Waals surface area contributed by atoms with Gasteiger partial charge in [0, 0.05) is 52.2 Å². The maximum Gasteiger partial charge on any atom is 0.242 e. The van der Waals surface area contributed by atoms with Gasteiger partial charge in [0.2, 0.25) is 5.91 Å². The molecule has 1 aromatic heterocycles. The molecule has 0 spiro atoms. The van der Waals surface area contributed by atoms with Crippen molar-refractivity contribution in [3.63, 3.8) is 0 Å². The van der Waals surface area contributed by atoms with Crippen molar-refractivity contribution in [2.24, 2.45) is 0 Å². The standard InChI is InChI=1S/C18H24N4O2/c1-24-14-17-4-2-3-16(11-17)12-20-7-9-22(10-8-20)18(23)13-21-6-5-19-15-21/h2-6,11,15H,7-10,12-14H2,1H3. The number of ether oxygens (including phenoxy) is 1. The summed E-state index contributed by atoms with van der Waals surface area (Å²) in [5.41, 5.74) is 2.49. The molecule has 24 heavy (non-hydrogen) atoms. The molecule has 1 saturated heterocycles. The molecule has 1 aromatic carbocycles. The summed E-state index contributed by atoms with van der Waals surface area (Å²) in [6.45, 7) is 5.31. The predicted molar refractivity (Wildman–Crippen MR) is 91.2 cm³/mol. The minimum atomic E-state index is 0.162. The predicted octanol–water partition coefficient (Wildman–Crippen LogP) is 1.37. The Morgan fingerprint density at radius 2 is 2.00 bits per heavy atom. The van der Waals surface area contributed by atoms with Gasteiger partial charge in [0.25, 0.3) is 0 Å². The number of imidazole rings is 1. The van der Waals surface area contributed by atoms with Gasteiger partial charge in [0.05, 0.1) is 12.9 Å². The van der Waals surface area contributed by atoms with Crippen LogP contribution in [0.5, 0.6) is 0 Å². The molecule has 0 atom stereocenters. The van der Waals surface area contributed by atoms with Crippen molar-refractivity contribution >= 4 is 5.91 Å². The molecule has 0 radical (unpaired) electrons. The van der Waals surface area contributed by atoms with E-state index in [1.807, 2.05) is 15.7 Å². The van der Waals surface area contributed by atoms with Gasteiger partial charge in [0.15, 0.2) is 0 Å². The summed E-state index contributed by atoms with van der Waals surface area (Å²) in [6, 6.07) is 8.50. The number of nitrogens with zero attached hydrogens (tertiary/aromatic N) is 4. The fraction of sp³-hybridized carbons (Fsp3) is 0.444. The summed E-state index contributed by atoms with van der Waals surface area (Å²) in [7, 11) is 1.71. The number of hydrogen-bond donors (Lipinski definition) is 0. The monoisotopic (exact) mass is 328 g/mol. The first-order valence-corrected chi connectivity index (χ1v) is 8.27. The number of carbonyl (C=O) groups is 1. The molecule has 1 amide bonds. The number of benzene rings is 1. The summed E-state index contributed by atoms with van der Waals surface area (Å²) < 4.78 is 7.01. The molecule has 0 unspecified atom stereocenters. The molecule has 6 nitrogen and oxygen atoms in total. The van der Waals surface area contributed by atoms with Crippen LogP contribution in [0.4, 0.5) is 0 Å². The van der Waals surface area contributed by atoms with Crippen LogP contribution in [0.15, 0.2) is 43.0 Å². The number of carbonyl (C=O) groups excluding carboxylic acids is 1. The Labute approximate surface area is 142 Å². The van der Waals surface area contributed by atoms with Gasteiger partial charge in [-0.1, -0.05) is 24.3 Å². The summed E-state index contributed by atoms with van der Waals surface area (Å²) in [6.07, 6.45) is 5.20. The van der Waals surface area contributed by atoms with Gasteiger partial charge in [-0.15, -0.1) is 0 Å². The van der Waals surface area contributed by atoms with E-state index in [0.717, 1.165) is 32.7 Å². The van der Waals surface area contributed by atoms with Crippen LogP contribution >= 0.6 is 0 Å². The molecule has 1 aliphatic rings. The van der Waals surface area contributed by atoms with Crippen molar-refractivity contribution < 1.29 is 9.53 Å². The van der Waals surface area contributed by atoms with Crippen molar-refractivity contribution in [1.29, 1.82) is 0 Å². The van der Waals surface area contributed by atoms with Crippen molar-refractivity contribution in [2.75, 3.05) is 33.3 Å². The van der Waals surface area contributed by atoms with Crippen molar-refractivity contribution in [2.45, 2.75) is 19.7 Å². The highest BCUT2D eigenvalue weighted by atomic mass is 16.5. The van der Waals surface area contributed by atoms with Gasteiger partial charge in [-0.3, -0.25) is 9.69 Å². The highest BCUT2D eigenvalue weighted by Crippen LogP contribution is 2.12. The van der Waals surface area contributed by atoms with E-state index < -0.39 is 0 Å². The third kappa shape index (κ3) is 4.43. The SMILES string of the molecule is COCc1cccc(CN2CCN(C(=O)Cn3ccnc3)CC2)c1. The zero-order valence-electron chi connectivity index (χ0n) is 14.1. The van der Waals surface area contributed by atoms with Gasteiger partial charge in [-0.25, -0.2) is 4.98 Å².